The maximum Gasteiger partial charge on any atom is 0.326 e. The second-order valence-electron chi connectivity index (χ2n) is 4.54. The molecule has 1 heterocycles. The van der Waals surface area contributed by atoms with E-state index < -0.39 is 12.0 Å². The Balaban J connectivity index is 2.42. The first-order chi connectivity index (χ1) is 9.08. The lowest BCUT2D eigenvalue weighted by Crippen LogP contribution is -2.54. The van der Waals surface area contributed by atoms with Crippen molar-refractivity contribution in [2.75, 3.05) is 44.7 Å². The van der Waals surface area contributed by atoms with Crippen LogP contribution in [0.4, 0.5) is 4.79 Å². The minimum absolute atomic E-state index is 0.260. The number of amides is 2. The van der Waals surface area contributed by atoms with E-state index in [1.807, 2.05) is 6.26 Å². The van der Waals surface area contributed by atoms with Crippen LogP contribution in [-0.4, -0.2) is 77.7 Å². The number of rotatable bonds is 6. The van der Waals surface area contributed by atoms with Crippen molar-refractivity contribution >= 4 is 23.8 Å². The summed E-state index contributed by atoms with van der Waals surface area (Å²) in [6.07, 6.45) is 2.38. The lowest BCUT2D eigenvalue weighted by Gasteiger charge is -2.34. The average Bonchev–Trinajstić information content (AvgIpc) is 2.43. The highest BCUT2D eigenvalue weighted by molar-refractivity contribution is 7.98. The number of hydrogen-bond donors (Lipinski definition) is 2. The van der Waals surface area contributed by atoms with Gasteiger partial charge in [-0.05, 0) is 25.0 Å². The minimum Gasteiger partial charge on any atom is -0.480 e. The number of urea groups is 1. The summed E-state index contributed by atoms with van der Waals surface area (Å²) in [5, 5.41) is 11.7. The largest absolute Gasteiger partial charge is 0.480 e. The van der Waals surface area contributed by atoms with Crippen LogP contribution in [-0.2, 0) is 4.79 Å². The number of carbonyl (C=O) groups is 2. The number of carboxylic acid groups (broad SMARTS) is 1. The van der Waals surface area contributed by atoms with Crippen LogP contribution in [0.1, 0.15) is 13.3 Å². The molecule has 0 aromatic carbocycles. The quantitative estimate of drug-likeness (QED) is 0.746. The molecule has 0 unspecified atom stereocenters. The van der Waals surface area contributed by atoms with Crippen molar-refractivity contribution in [1.29, 1.82) is 0 Å². The van der Waals surface area contributed by atoms with E-state index in [9.17, 15) is 9.59 Å². The molecular weight excluding hydrogens is 266 g/mol. The fraction of sp³-hybridized carbons (Fsp3) is 0.833. The number of nitrogens with zero attached hydrogens (tertiary/aromatic N) is 2. The van der Waals surface area contributed by atoms with Gasteiger partial charge in [-0.1, -0.05) is 6.92 Å². The molecule has 1 atom stereocenters. The molecule has 1 aliphatic rings. The predicted octanol–water partition coefficient (Wildman–Crippen LogP) is 0.540. The number of piperazine rings is 1. The number of thioether (sulfide) groups is 1. The summed E-state index contributed by atoms with van der Waals surface area (Å²) < 4.78 is 0. The molecule has 1 fully saturated rings. The highest BCUT2D eigenvalue weighted by Crippen LogP contribution is 2.05. The third kappa shape index (κ3) is 5.28. The van der Waals surface area contributed by atoms with Crippen LogP contribution in [0.15, 0.2) is 0 Å². The normalized spacial score (nSPS) is 18.1. The van der Waals surface area contributed by atoms with Gasteiger partial charge in [-0.15, -0.1) is 0 Å². The molecule has 0 radical (unpaired) electrons. The molecule has 1 rings (SSSR count). The smallest absolute Gasteiger partial charge is 0.326 e. The van der Waals surface area contributed by atoms with E-state index in [-0.39, 0.29) is 6.03 Å². The first-order valence-electron chi connectivity index (χ1n) is 6.58. The fourth-order valence-corrected chi connectivity index (χ4v) is 2.47. The first kappa shape index (κ1) is 16.1. The standard InChI is InChI=1S/C12H23N3O3S/c1-3-14-5-7-15(8-6-14)12(18)13-10(11(16)17)4-9-19-2/h10H,3-9H2,1-2H3,(H,13,18)(H,16,17)/t10-/m0/s1. The maximum absolute atomic E-state index is 12.0. The molecule has 7 heteroatoms. The van der Waals surface area contributed by atoms with Crippen molar-refractivity contribution in [3.05, 3.63) is 0 Å². The second kappa shape index (κ2) is 8.27. The predicted molar refractivity (Wildman–Crippen MR) is 76.6 cm³/mol. The molecule has 2 amide bonds. The number of hydrogen-bond acceptors (Lipinski definition) is 4. The number of likely N-dealkylation sites (N-methyl/N-ethyl adjacent to an activating group) is 1. The summed E-state index contributed by atoms with van der Waals surface area (Å²) in [7, 11) is 0. The molecule has 0 aromatic heterocycles. The van der Waals surface area contributed by atoms with Crippen molar-refractivity contribution in [3.8, 4) is 0 Å². The molecule has 0 spiro atoms. The van der Waals surface area contributed by atoms with Crippen molar-refractivity contribution < 1.29 is 14.7 Å². The Kier molecular flexibility index (Phi) is 7.01. The molecule has 19 heavy (non-hydrogen) atoms. The highest BCUT2D eigenvalue weighted by Gasteiger charge is 2.25. The van der Waals surface area contributed by atoms with Gasteiger partial charge < -0.3 is 20.2 Å². The van der Waals surface area contributed by atoms with Gasteiger partial charge in [0, 0.05) is 26.2 Å². The van der Waals surface area contributed by atoms with Gasteiger partial charge in [0.1, 0.15) is 6.04 Å². The lowest BCUT2D eigenvalue weighted by atomic mass is 10.2. The van der Waals surface area contributed by atoms with E-state index in [1.165, 1.54) is 0 Å². The summed E-state index contributed by atoms with van der Waals surface area (Å²) in [6.45, 7) is 6.11. The molecule has 0 aromatic rings. The zero-order chi connectivity index (χ0) is 14.3. The van der Waals surface area contributed by atoms with E-state index in [0.717, 1.165) is 25.4 Å². The molecule has 0 saturated carbocycles. The van der Waals surface area contributed by atoms with Gasteiger partial charge in [0.15, 0.2) is 0 Å². The van der Waals surface area contributed by atoms with Gasteiger partial charge in [-0.25, -0.2) is 9.59 Å². The molecule has 0 bridgehead atoms. The monoisotopic (exact) mass is 289 g/mol. The zero-order valence-electron chi connectivity index (χ0n) is 11.6. The van der Waals surface area contributed by atoms with Gasteiger partial charge >= 0.3 is 12.0 Å². The summed E-state index contributed by atoms with van der Waals surface area (Å²) >= 11 is 1.58. The third-order valence-corrected chi connectivity index (χ3v) is 3.96. The van der Waals surface area contributed by atoms with Crippen LogP contribution in [0.2, 0.25) is 0 Å². The Bertz CT molecular complexity index is 307. The molecule has 2 N–H and O–H groups in total. The summed E-state index contributed by atoms with van der Waals surface area (Å²) in [4.78, 5) is 27.0. The third-order valence-electron chi connectivity index (χ3n) is 3.31. The van der Waals surface area contributed by atoms with Gasteiger partial charge in [0.25, 0.3) is 0 Å². The SMILES string of the molecule is CCN1CCN(C(=O)N[C@@H](CCSC)C(=O)O)CC1. The van der Waals surface area contributed by atoms with Crippen LogP contribution in [0, 0.1) is 0 Å². The van der Waals surface area contributed by atoms with Gasteiger partial charge in [0.2, 0.25) is 0 Å². The number of aliphatic carboxylic acids is 1. The second-order valence-corrected chi connectivity index (χ2v) is 5.53. The Labute approximate surface area is 118 Å². The van der Waals surface area contributed by atoms with Crippen LogP contribution >= 0.6 is 11.8 Å². The van der Waals surface area contributed by atoms with Gasteiger partial charge in [-0.3, -0.25) is 0 Å². The highest BCUT2D eigenvalue weighted by atomic mass is 32.2. The van der Waals surface area contributed by atoms with Crippen LogP contribution < -0.4 is 5.32 Å². The van der Waals surface area contributed by atoms with E-state index in [2.05, 4.69) is 17.1 Å². The van der Waals surface area contributed by atoms with E-state index >= 15 is 0 Å². The van der Waals surface area contributed by atoms with Crippen molar-refractivity contribution in [1.82, 2.24) is 15.1 Å². The number of carboxylic acids is 1. The summed E-state index contributed by atoms with van der Waals surface area (Å²) in [5.74, 6) is -0.240. The topological polar surface area (TPSA) is 72.9 Å². The Hall–Kier alpha value is -0.950. The fourth-order valence-electron chi connectivity index (χ4n) is 2.00. The Morgan fingerprint density at radius 3 is 2.42 bits per heavy atom. The van der Waals surface area contributed by atoms with E-state index in [1.54, 1.807) is 16.7 Å². The van der Waals surface area contributed by atoms with Crippen molar-refractivity contribution in [2.45, 2.75) is 19.4 Å². The van der Waals surface area contributed by atoms with Gasteiger partial charge in [0.05, 0.1) is 0 Å². The number of carbonyl (C=O) groups excluding carboxylic acids is 1. The first-order valence-corrected chi connectivity index (χ1v) is 7.97. The Morgan fingerprint density at radius 2 is 1.95 bits per heavy atom. The van der Waals surface area contributed by atoms with Gasteiger partial charge in [-0.2, -0.15) is 11.8 Å². The molecule has 6 nitrogen and oxygen atoms in total. The minimum atomic E-state index is -0.963. The lowest BCUT2D eigenvalue weighted by molar-refractivity contribution is -0.139. The molecule has 1 aliphatic heterocycles. The molecule has 110 valence electrons. The molecule has 1 saturated heterocycles. The Morgan fingerprint density at radius 1 is 1.32 bits per heavy atom. The van der Waals surface area contributed by atoms with Crippen molar-refractivity contribution in [2.24, 2.45) is 0 Å². The molecule has 0 aliphatic carbocycles. The average molecular weight is 289 g/mol. The zero-order valence-corrected chi connectivity index (χ0v) is 12.4. The van der Waals surface area contributed by atoms with E-state index in [4.69, 9.17) is 5.11 Å². The summed E-state index contributed by atoms with van der Waals surface area (Å²) in [5.41, 5.74) is 0. The van der Waals surface area contributed by atoms with Crippen LogP contribution in [0.25, 0.3) is 0 Å². The van der Waals surface area contributed by atoms with Crippen LogP contribution in [0.5, 0.6) is 0 Å². The summed E-state index contributed by atoms with van der Waals surface area (Å²) in [6, 6.07) is -1.05. The maximum atomic E-state index is 12.0. The number of nitrogens with one attached hydrogen (secondary N) is 1. The van der Waals surface area contributed by atoms with E-state index in [0.29, 0.717) is 19.5 Å². The van der Waals surface area contributed by atoms with Crippen LogP contribution in [0.3, 0.4) is 0 Å². The van der Waals surface area contributed by atoms with Crippen molar-refractivity contribution in [3.63, 3.8) is 0 Å². The molecular formula is C12H23N3O3S.